The van der Waals surface area contributed by atoms with Crippen molar-refractivity contribution >= 4 is 41.3 Å². The molecule has 0 amide bonds. The van der Waals surface area contributed by atoms with E-state index in [2.05, 4.69) is 46.8 Å². The second-order valence-electron chi connectivity index (χ2n) is 4.64. The third-order valence-electron chi connectivity index (χ3n) is 3.12. The molecule has 2 rings (SSSR count). The minimum atomic E-state index is 0. The number of nitrogens with zero attached hydrogens (tertiary/aromatic N) is 2. The summed E-state index contributed by atoms with van der Waals surface area (Å²) in [5.41, 5.74) is 0.973. The van der Waals surface area contributed by atoms with Crippen molar-refractivity contribution < 1.29 is 4.52 Å². The Morgan fingerprint density at radius 2 is 1.91 bits per heavy atom. The first-order chi connectivity index (χ1) is 10.2. The number of aliphatic imine (C=N–C) groups is 1. The van der Waals surface area contributed by atoms with E-state index < -0.39 is 0 Å². The van der Waals surface area contributed by atoms with Crippen LogP contribution < -0.4 is 10.6 Å². The molecular formula is C15H23IN4OS. The molecule has 22 heavy (non-hydrogen) atoms. The summed E-state index contributed by atoms with van der Waals surface area (Å²) in [5.74, 6) is 1.58. The first kappa shape index (κ1) is 19.0. The lowest BCUT2D eigenvalue weighted by molar-refractivity contribution is 0.374. The molecule has 0 aliphatic heterocycles. The number of aryl methyl sites for hydroxylation is 2. The van der Waals surface area contributed by atoms with E-state index in [4.69, 9.17) is 4.52 Å². The average molecular weight is 434 g/mol. The van der Waals surface area contributed by atoms with Crippen molar-refractivity contribution in [1.82, 2.24) is 15.8 Å². The van der Waals surface area contributed by atoms with Gasteiger partial charge in [-0.3, -0.25) is 4.99 Å². The first-order valence-corrected chi connectivity index (χ1v) is 8.03. The lowest BCUT2D eigenvalue weighted by Gasteiger charge is -2.09. The van der Waals surface area contributed by atoms with Crippen molar-refractivity contribution in [1.29, 1.82) is 0 Å². The molecule has 122 valence electrons. The van der Waals surface area contributed by atoms with Crippen LogP contribution in [0.4, 0.5) is 0 Å². The SMILES string of the molecule is CCc1cc(CNC(=NC)NCc2ccc(CC)s2)on1.I. The minimum Gasteiger partial charge on any atom is -0.359 e. The van der Waals surface area contributed by atoms with Crippen molar-refractivity contribution in [2.75, 3.05) is 7.05 Å². The molecule has 7 heteroatoms. The maximum absolute atomic E-state index is 5.24. The number of thiophene rings is 1. The van der Waals surface area contributed by atoms with Gasteiger partial charge in [-0.1, -0.05) is 19.0 Å². The van der Waals surface area contributed by atoms with Crippen LogP contribution in [0.3, 0.4) is 0 Å². The number of hydrogen-bond acceptors (Lipinski definition) is 4. The molecule has 0 bridgehead atoms. The quantitative estimate of drug-likeness (QED) is 0.416. The van der Waals surface area contributed by atoms with Gasteiger partial charge in [0, 0.05) is 22.9 Å². The van der Waals surface area contributed by atoms with E-state index in [0.29, 0.717) is 6.54 Å². The van der Waals surface area contributed by atoms with Crippen LogP contribution in [-0.2, 0) is 25.9 Å². The van der Waals surface area contributed by atoms with E-state index in [1.807, 2.05) is 17.4 Å². The largest absolute Gasteiger partial charge is 0.359 e. The third kappa shape index (κ3) is 5.60. The molecule has 2 N–H and O–H groups in total. The Labute approximate surface area is 152 Å². The van der Waals surface area contributed by atoms with Crippen LogP contribution in [0.25, 0.3) is 0 Å². The van der Waals surface area contributed by atoms with Gasteiger partial charge in [-0.05, 0) is 25.0 Å². The molecule has 2 aromatic rings. The number of guanidine groups is 1. The van der Waals surface area contributed by atoms with E-state index in [1.165, 1.54) is 9.75 Å². The molecule has 0 radical (unpaired) electrons. The summed E-state index contributed by atoms with van der Waals surface area (Å²) in [4.78, 5) is 6.92. The Bertz CT molecular complexity index is 546. The summed E-state index contributed by atoms with van der Waals surface area (Å²) in [6, 6.07) is 6.31. The van der Waals surface area contributed by atoms with Gasteiger partial charge < -0.3 is 15.2 Å². The number of rotatable bonds is 6. The van der Waals surface area contributed by atoms with E-state index in [9.17, 15) is 0 Å². The Kier molecular flexibility index (Phi) is 8.47. The van der Waals surface area contributed by atoms with Gasteiger partial charge in [-0.25, -0.2) is 0 Å². The third-order valence-corrected chi connectivity index (χ3v) is 4.35. The molecule has 0 fully saturated rings. The highest BCUT2D eigenvalue weighted by molar-refractivity contribution is 14.0. The molecule has 2 heterocycles. The average Bonchev–Trinajstić information content (AvgIpc) is 3.16. The number of halogens is 1. The normalized spacial score (nSPS) is 11.1. The monoisotopic (exact) mass is 434 g/mol. The van der Waals surface area contributed by atoms with E-state index >= 15 is 0 Å². The molecule has 0 saturated heterocycles. The van der Waals surface area contributed by atoms with E-state index in [0.717, 1.165) is 36.8 Å². The smallest absolute Gasteiger partial charge is 0.191 e. The predicted molar refractivity (Wildman–Crippen MR) is 102 cm³/mol. The molecule has 2 aromatic heterocycles. The fourth-order valence-corrected chi connectivity index (χ4v) is 2.77. The topological polar surface area (TPSA) is 62.5 Å². The van der Waals surface area contributed by atoms with E-state index in [-0.39, 0.29) is 24.0 Å². The van der Waals surface area contributed by atoms with E-state index in [1.54, 1.807) is 7.05 Å². The van der Waals surface area contributed by atoms with Crippen molar-refractivity contribution in [3.63, 3.8) is 0 Å². The zero-order valence-electron chi connectivity index (χ0n) is 13.2. The zero-order chi connectivity index (χ0) is 15.1. The van der Waals surface area contributed by atoms with Crippen LogP contribution in [-0.4, -0.2) is 18.2 Å². The Morgan fingerprint density at radius 3 is 2.50 bits per heavy atom. The summed E-state index contributed by atoms with van der Waals surface area (Å²) in [7, 11) is 1.76. The summed E-state index contributed by atoms with van der Waals surface area (Å²) in [6.07, 6.45) is 1.97. The van der Waals surface area contributed by atoms with Crippen molar-refractivity contribution in [3.8, 4) is 0 Å². The number of nitrogens with one attached hydrogen (secondary N) is 2. The van der Waals surface area contributed by atoms with Crippen LogP contribution in [0, 0.1) is 0 Å². The predicted octanol–water partition coefficient (Wildman–Crippen LogP) is 3.34. The summed E-state index contributed by atoms with van der Waals surface area (Å²) < 4.78 is 5.24. The van der Waals surface area contributed by atoms with Crippen molar-refractivity contribution in [2.45, 2.75) is 39.8 Å². The second-order valence-corrected chi connectivity index (χ2v) is 5.89. The minimum absolute atomic E-state index is 0. The maximum atomic E-state index is 5.24. The van der Waals surface area contributed by atoms with Crippen molar-refractivity contribution in [2.24, 2.45) is 4.99 Å². The Morgan fingerprint density at radius 1 is 1.18 bits per heavy atom. The highest BCUT2D eigenvalue weighted by Crippen LogP contribution is 2.16. The number of hydrogen-bond donors (Lipinski definition) is 2. The van der Waals surface area contributed by atoms with Gasteiger partial charge in [0.05, 0.1) is 18.8 Å². The van der Waals surface area contributed by atoms with Gasteiger partial charge in [0.15, 0.2) is 11.7 Å². The fraction of sp³-hybridized carbons (Fsp3) is 0.467. The first-order valence-electron chi connectivity index (χ1n) is 7.21. The summed E-state index contributed by atoms with van der Waals surface area (Å²) in [5, 5.41) is 10.5. The lowest BCUT2D eigenvalue weighted by Crippen LogP contribution is -2.36. The molecule has 0 saturated carbocycles. The second kappa shape index (κ2) is 9.83. The van der Waals surface area contributed by atoms with Gasteiger partial charge >= 0.3 is 0 Å². The fourth-order valence-electron chi connectivity index (χ4n) is 1.88. The van der Waals surface area contributed by atoms with Gasteiger partial charge in [0.2, 0.25) is 0 Å². The van der Waals surface area contributed by atoms with Gasteiger partial charge in [-0.2, -0.15) is 0 Å². The molecule has 0 aromatic carbocycles. The molecule has 0 aliphatic rings. The summed E-state index contributed by atoms with van der Waals surface area (Å²) >= 11 is 1.83. The maximum Gasteiger partial charge on any atom is 0.191 e. The van der Waals surface area contributed by atoms with Crippen LogP contribution in [0.2, 0.25) is 0 Å². The van der Waals surface area contributed by atoms with Crippen LogP contribution >= 0.6 is 35.3 Å². The lowest BCUT2D eigenvalue weighted by atomic mass is 10.3. The molecule has 0 atom stereocenters. The van der Waals surface area contributed by atoms with Gasteiger partial charge in [-0.15, -0.1) is 35.3 Å². The molecule has 5 nitrogen and oxygen atoms in total. The summed E-state index contributed by atoms with van der Waals surface area (Å²) in [6.45, 7) is 5.59. The molecule has 0 unspecified atom stereocenters. The zero-order valence-corrected chi connectivity index (χ0v) is 16.3. The standard InChI is InChI=1S/C15H22N4OS.HI/c1-4-11-8-12(20-19-11)9-17-15(16-3)18-10-14-7-6-13(5-2)21-14;/h6-8H,4-5,9-10H2,1-3H3,(H2,16,17,18);1H. The molecule has 0 aliphatic carbocycles. The Balaban J connectivity index is 0.00000242. The highest BCUT2D eigenvalue weighted by Gasteiger charge is 2.05. The highest BCUT2D eigenvalue weighted by atomic mass is 127. The Hall–Kier alpha value is -1.09. The van der Waals surface area contributed by atoms with Gasteiger partial charge in [0.1, 0.15) is 0 Å². The number of aromatic nitrogens is 1. The van der Waals surface area contributed by atoms with Crippen molar-refractivity contribution in [3.05, 3.63) is 39.4 Å². The van der Waals surface area contributed by atoms with Crippen LogP contribution in [0.5, 0.6) is 0 Å². The molecule has 0 spiro atoms. The van der Waals surface area contributed by atoms with Crippen LogP contribution in [0.15, 0.2) is 27.7 Å². The van der Waals surface area contributed by atoms with Crippen LogP contribution in [0.1, 0.15) is 35.1 Å². The van der Waals surface area contributed by atoms with Gasteiger partial charge in [0.25, 0.3) is 0 Å². The molecular weight excluding hydrogens is 411 g/mol.